The summed E-state index contributed by atoms with van der Waals surface area (Å²) in [6.45, 7) is 2.17. The summed E-state index contributed by atoms with van der Waals surface area (Å²) in [6.07, 6.45) is 3.29. The van der Waals surface area contributed by atoms with Crippen LogP contribution in [0.25, 0.3) is 0 Å². The van der Waals surface area contributed by atoms with Crippen LogP contribution in [0.15, 0.2) is 28.7 Å². The molecule has 1 aromatic carbocycles. The molecular formula is C13H19BrN2. The van der Waals surface area contributed by atoms with Crippen molar-refractivity contribution >= 4 is 15.9 Å². The van der Waals surface area contributed by atoms with Gasteiger partial charge in [-0.05, 0) is 44.5 Å². The fraction of sp³-hybridized carbons (Fsp3) is 0.538. The topological polar surface area (TPSA) is 29.3 Å². The second kappa shape index (κ2) is 4.86. The molecule has 2 rings (SSSR count). The van der Waals surface area contributed by atoms with Crippen molar-refractivity contribution in [1.82, 2.24) is 4.90 Å². The highest BCUT2D eigenvalue weighted by molar-refractivity contribution is 9.10. The molecule has 0 aliphatic carbocycles. The molecule has 16 heavy (non-hydrogen) atoms. The van der Waals surface area contributed by atoms with Crippen molar-refractivity contribution < 1.29 is 0 Å². The number of likely N-dealkylation sites (N-methyl/N-ethyl adjacent to an activating group) is 1. The van der Waals surface area contributed by atoms with Crippen molar-refractivity contribution in [3.63, 3.8) is 0 Å². The molecule has 1 heterocycles. The Morgan fingerprint density at radius 3 is 2.88 bits per heavy atom. The highest BCUT2D eigenvalue weighted by atomic mass is 79.9. The van der Waals surface area contributed by atoms with Gasteiger partial charge in [0, 0.05) is 16.6 Å². The molecule has 0 amide bonds. The Bertz CT molecular complexity index is 367. The predicted molar refractivity (Wildman–Crippen MR) is 71.5 cm³/mol. The maximum Gasteiger partial charge on any atom is 0.0324 e. The van der Waals surface area contributed by atoms with Gasteiger partial charge in [-0.3, -0.25) is 0 Å². The molecule has 1 fully saturated rings. The molecule has 0 bridgehead atoms. The number of likely N-dealkylation sites (tertiary alicyclic amines) is 1. The van der Waals surface area contributed by atoms with Gasteiger partial charge in [0.2, 0.25) is 0 Å². The molecule has 2 nitrogen and oxygen atoms in total. The maximum atomic E-state index is 6.49. The maximum absolute atomic E-state index is 6.49. The number of hydrogen-bond donors (Lipinski definition) is 1. The largest absolute Gasteiger partial charge is 0.324 e. The van der Waals surface area contributed by atoms with Crippen molar-refractivity contribution in [2.45, 2.75) is 24.8 Å². The second-order valence-corrected chi connectivity index (χ2v) is 5.83. The van der Waals surface area contributed by atoms with Gasteiger partial charge in [-0.15, -0.1) is 0 Å². The first-order valence-electron chi connectivity index (χ1n) is 5.80. The first kappa shape index (κ1) is 12.1. The summed E-state index contributed by atoms with van der Waals surface area (Å²) in [5.41, 5.74) is 7.75. The summed E-state index contributed by atoms with van der Waals surface area (Å²) >= 11 is 3.59. The van der Waals surface area contributed by atoms with Gasteiger partial charge in [-0.1, -0.05) is 34.1 Å². The van der Waals surface area contributed by atoms with Crippen LogP contribution in [0.1, 0.15) is 18.4 Å². The Labute approximate surface area is 106 Å². The lowest BCUT2D eigenvalue weighted by atomic mass is 9.84. The number of nitrogens with two attached hydrogens (primary N) is 1. The van der Waals surface area contributed by atoms with E-state index in [1.54, 1.807) is 0 Å². The van der Waals surface area contributed by atoms with E-state index in [0.29, 0.717) is 0 Å². The second-order valence-electron chi connectivity index (χ2n) is 4.97. The summed E-state index contributed by atoms with van der Waals surface area (Å²) in [5, 5.41) is 0. The first-order chi connectivity index (χ1) is 7.59. The van der Waals surface area contributed by atoms with Crippen LogP contribution < -0.4 is 5.73 Å². The third-order valence-electron chi connectivity index (χ3n) is 3.30. The predicted octanol–water partition coefficient (Wildman–Crippen LogP) is 2.41. The van der Waals surface area contributed by atoms with Crippen LogP contribution in [-0.4, -0.2) is 30.6 Å². The lowest BCUT2D eigenvalue weighted by molar-refractivity contribution is 0.178. The third kappa shape index (κ3) is 2.84. The van der Waals surface area contributed by atoms with Crippen molar-refractivity contribution in [3.05, 3.63) is 34.3 Å². The zero-order valence-electron chi connectivity index (χ0n) is 9.75. The highest BCUT2D eigenvalue weighted by Gasteiger charge is 2.30. The van der Waals surface area contributed by atoms with E-state index in [1.165, 1.54) is 23.0 Å². The van der Waals surface area contributed by atoms with E-state index < -0.39 is 0 Å². The summed E-state index contributed by atoms with van der Waals surface area (Å²) < 4.78 is 1.17. The molecule has 1 aliphatic rings. The van der Waals surface area contributed by atoms with E-state index >= 15 is 0 Å². The SMILES string of the molecule is CN1CCCC(N)(Cc2ccccc2Br)C1. The summed E-state index contributed by atoms with van der Waals surface area (Å²) in [4.78, 5) is 2.33. The average Bonchev–Trinajstić information content (AvgIpc) is 2.21. The van der Waals surface area contributed by atoms with E-state index in [2.05, 4.69) is 46.1 Å². The molecule has 0 aromatic heterocycles. The molecule has 1 saturated heterocycles. The first-order valence-corrected chi connectivity index (χ1v) is 6.59. The van der Waals surface area contributed by atoms with Gasteiger partial charge < -0.3 is 10.6 Å². The molecule has 1 unspecified atom stereocenters. The van der Waals surface area contributed by atoms with Crippen molar-refractivity contribution in [2.24, 2.45) is 5.73 Å². The lowest BCUT2D eigenvalue weighted by Crippen LogP contribution is -2.54. The van der Waals surface area contributed by atoms with E-state index in [0.717, 1.165) is 19.4 Å². The fourth-order valence-electron chi connectivity index (χ4n) is 2.56. The van der Waals surface area contributed by atoms with Crippen LogP contribution in [0, 0.1) is 0 Å². The smallest absolute Gasteiger partial charge is 0.0324 e. The molecule has 2 N–H and O–H groups in total. The van der Waals surface area contributed by atoms with Crippen LogP contribution in [0.3, 0.4) is 0 Å². The Morgan fingerprint density at radius 1 is 1.44 bits per heavy atom. The Balaban J connectivity index is 2.11. The summed E-state index contributed by atoms with van der Waals surface area (Å²) in [5.74, 6) is 0. The number of nitrogens with zero attached hydrogens (tertiary/aromatic N) is 1. The minimum Gasteiger partial charge on any atom is -0.324 e. The Kier molecular flexibility index (Phi) is 3.67. The summed E-state index contributed by atoms with van der Waals surface area (Å²) in [6, 6.07) is 8.37. The molecule has 0 saturated carbocycles. The Hall–Kier alpha value is -0.380. The zero-order valence-corrected chi connectivity index (χ0v) is 11.3. The number of piperidine rings is 1. The van der Waals surface area contributed by atoms with Crippen LogP contribution in [0.5, 0.6) is 0 Å². The summed E-state index contributed by atoms with van der Waals surface area (Å²) in [7, 11) is 2.15. The molecule has 1 aromatic rings. The van der Waals surface area contributed by atoms with E-state index in [1.807, 2.05) is 6.07 Å². The van der Waals surface area contributed by atoms with Crippen LogP contribution >= 0.6 is 15.9 Å². The van der Waals surface area contributed by atoms with Crippen LogP contribution in [-0.2, 0) is 6.42 Å². The average molecular weight is 283 g/mol. The van der Waals surface area contributed by atoms with Gasteiger partial charge in [-0.25, -0.2) is 0 Å². The van der Waals surface area contributed by atoms with E-state index in [4.69, 9.17) is 5.73 Å². The normalized spacial score (nSPS) is 26.9. The third-order valence-corrected chi connectivity index (χ3v) is 4.07. The molecular weight excluding hydrogens is 264 g/mol. The zero-order chi connectivity index (χ0) is 11.6. The number of rotatable bonds is 2. The molecule has 3 heteroatoms. The minimum atomic E-state index is -0.0587. The molecule has 0 radical (unpaired) electrons. The minimum absolute atomic E-state index is 0.0587. The molecule has 1 aliphatic heterocycles. The van der Waals surface area contributed by atoms with Gasteiger partial charge in [-0.2, -0.15) is 0 Å². The number of hydrogen-bond acceptors (Lipinski definition) is 2. The highest BCUT2D eigenvalue weighted by Crippen LogP contribution is 2.26. The van der Waals surface area contributed by atoms with Gasteiger partial charge in [0.05, 0.1) is 0 Å². The lowest BCUT2D eigenvalue weighted by Gasteiger charge is -2.39. The molecule has 88 valence electrons. The van der Waals surface area contributed by atoms with Crippen molar-refractivity contribution in [1.29, 1.82) is 0 Å². The number of halogens is 1. The van der Waals surface area contributed by atoms with Gasteiger partial charge in [0.25, 0.3) is 0 Å². The quantitative estimate of drug-likeness (QED) is 0.903. The molecule has 0 spiro atoms. The monoisotopic (exact) mass is 282 g/mol. The standard InChI is InChI=1S/C13H19BrN2/c1-16-8-4-7-13(15,10-16)9-11-5-2-3-6-12(11)14/h2-3,5-6H,4,7-10,15H2,1H3. The number of benzene rings is 1. The fourth-order valence-corrected chi connectivity index (χ4v) is 2.99. The van der Waals surface area contributed by atoms with Crippen molar-refractivity contribution in [3.8, 4) is 0 Å². The van der Waals surface area contributed by atoms with Crippen LogP contribution in [0.2, 0.25) is 0 Å². The van der Waals surface area contributed by atoms with Crippen molar-refractivity contribution in [2.75, 3.05) is 20.1 Å². The van der Waals surface area contributed by atoms with Gasteiger partial charge >= 0.3 is 0 Å². The van der Waals surface area contributed by atoms with Gasteiger partial charge in [0.1, 0.15) is 0 Å². The van der Waals surface area contributed by atoms with E-state index in [9.17, 15) is 0 Å². The Morgan fingerprint density at radius 2 is 2.19 bits per heavy atom. The van der Waals surface area contributed by atoms with Gasteiger partial charge in [0.15, 0.2) is 0 Å². The van der Waals surface area contributed by atoms with E-state index in [-0.39, 0.29) is 5.54 Å². The molecule has 1 atom stereocenters. The van der Waals surface area contributed by atoms with Crippen LogP contribution in [0.4, 0.5) is 0 Å².